The van der Waals surface area contributed by atoms with E-state index in [1.54, 1.807) is 11.8 Å². The summed E-state index contributed by atoms with van der Waals surface area (Å²) in [5.41, 5.74) is 1.37. The summed E-state index contributed by atoms with van der Waals surface area (Å²) < 4.78 is 18.4. The molecule has 3 heterocycles. The van der Waals surface area contributed by atoms with Gasteiger partial charge in [0.2, 0.25) is 0 Å². The van der Waals surface area contributed by atoms with Gasteiger partial charge in [-0.25, -0.2) is 4.68 Å². The fourth-order valence-electron chi connectivity index (χ4n) is 3.99. The van der Waals surface area contributed by atoms with Crippen LogP contribution >= 0.6 is 0 Å². The van der Waals surface area contributed by atoms with Gasteiger partial charge >= 0.3 is 0 Å². The van der Waals surface area contributed by atoms with Gasteiger partial charge in [-0.15, -0.1) is 5.10 Å². The summed E-state index contributed by atoms with van der Waals surface area (Å²) in [4.78, 5) is 18.0. The third-order valence-corrected chi connectivity index (χ3v) is 5.56. The lowest BCUT2D eigenvalue weighted by molar-refractivity contribution is 0.0660. The number of ether oxygens (including phenoxy) is 3. The maximum Gasteiger partial charge on any atom is 0.252 e. The van der Waals surface area contributed by atoms with E-state index < -0.39 is 0 Å². The second-order valence-electron chi connectivity index (χ2n) is 7.92. The van der Waals surface area contributed by atoms with Crippen molar-refractivity contribution in [1.29, 1.82) is 0 Å². The average molecular weight is 443 g/mol. The van der Waals surface area contributed by atoms with E-state index in [0.717, 1.165) is 41.9 Å². The quantitative estimate of drug-likeness (QED) is 0.479. The Hall–Kier alpha value is -2.82. The lowest BCUT2D eigenvalue weighted by atomic mass is 10.1. The highest BCUT2D eigenvalue weighted by Gasteiger charge is 2.22. The van der Waals surface area contributed by atoms with Crippen LogP contribution in [0.25, 0.3) is 10.9 Å². The van der Waals surface area contributed by atoms with Gasteiger partial charge in [-0.3, -0.25) is 9.69 Å². The molecule has 10 heteroatoms. The molecule has 0 aliphatic carbocycles. The van der Waals surface area contributed by atoms with Crippen LogP contribution in [0.3, 0.4) is 0 Å². The number of nitrogens with one attached hydrogen (secondary N) is 1. The van der Waals surface area contributed by atoms with E-state index in [0.29, 0.717) is 45.0 Å². The summed E-state index contributed by atoms with van der Waals surface area (Å²) in [6.45, 7) is 6.09. The molecule has 0 saturated carbocycles. The van der Waals surface area contributed by atoms with E-state index in [-0.39, 0.29) is 11.7 Å². The van der Waals surface area contributed by atoms with Gasteiger partial charge < -0.3 is 19.2 Å². The topological polar surface area (TPSA) is 107 Å². The molecule has 4 rings (SSSR count). The molecule has 32 heavy (non-hydrogen) atoms. The van der Waals surface area contributed by atoms with Crippen molar-refractivity contribution < 1.29 is 14.2 Å². The van der Waals surface area contributed by atoms with Crippen LogP contribution in [0.1, 0.15) is 31.2 Å². The Morgan fingerprint density at radius 1 is 1.31 bits per heavy atom. The van der Waals surface area contributed by atoms with Crippen molar-refractivity contribution in [2.45, 2.75) is 45.5 Å². The van der Waals surface area contributed by atoms with Gasteiger partial charge in [-0.2, -0.15) is 0 Å². The number of hydrogen-bond donors (Lipinski definition) is 1. The number of aromatic nitrogens is 5. The van der Waals surface area contributed by atoms with Gasteiger partial charge in [0, 0.05) is 43.3 Å². The second-order valence-corrected chi connectivity index (χ2v) is 7.92. The molecule has 1 aliphatic heterocycles. The smallest absolute Gasteiger partial charge is 0.252 e. The first-order chi connectivity index (χ1) is 15.7. The number of nitrogens with zero attached hydrogens (tertiary/aromatic N) is 5. The first-order valence-corrected chi connectivity index (χ1v) is 11.0. The molecule has 0 unspecified atom stereocenters. The molecule has 1 aromatic carbocycles. The summed E-state index contributed by atoms with van der Waals surface area (Å²) >= 11 is 0. The zero-order chi connectivity index (χ0) is 22.3. The zero-order valence-electron chi connectivity index (χ0n) is 18.6. The van der Waals surface area contributed by atoms with Gasteiger partial charge in [-0.05, 0) is 54.5 Å². The number of fused-ring (bicyclic) bond motifs is 1. The lowest BCUT2D eigenvalue weighted by Crippen LogP contribution is -2.34. The molecule has 0 amide bonds. The largest absolute Gasteiger partial charge is 0.494 e. The number of hydrogen-bond acceptors (Lipinski definition) is 8. The Bertz CT molecular complexity index is 1080. The predicted octanol–water partition coefficient (Wildman–Crippen LogP) is 1.74. The number of tetrazole rings is 1. The van der Waals surface area contributed by atoms with Crippen LogP contribution in [-0.2, 0) is 29.1 Å². The Labute approximate surface area is 186 Å². The molecule has 0 spiro atoms. The fraction of sp³-hybridized carbons (Fsp3) is 0.545. The standard InChI is InChI=1S/C22H30N6O4/c1-3-31-18-6-7-20-16(12-18)11-17(22(29)23-20)13-27(14-19-5-4-9-32-19)15-21-24-25-26-28(21)8-10-30-2/h6-7,11-12,19H,3-5,8-10,13-15H2,1-2H3,(H,23,29)/t19-/m0/s1. The number of pyridine rings is 1. The highest BCUT2D eigenvalue weighted by molar-refractivity contribution is 5.80. The minimum Gasteiger partial charge on any atom is -0.494 e. The maximum atomic E-state index is 12.8. The van der Waals surface area contributed by atoms with Gasteiger partial charge in [0.1, 0.15) is 5.75 Å². The monoisotopic (exact) mass is 442 g/mol. The minimum absolute atomic E-state index is 0.0991. The maximum absolute atomic E-state index is 12.8. The number of methoxy groups -OCH3 is 1. The molecule has 10 nitrogen and oxygen atoms in total. The van der Waals surface area contributed by atoms with E-state index in [9.17, 15) is 4.79 Å². The molecule has 1 saturated heterocycles. The molecule has 172 valence electrons. The van der Waals surface area contributed by atoms with Crippen molar-refractivity contribution in [3.05, 3.63) is 46.0 Å². The van der Waals surface area contributed by atoms with Crippen LogP contribution in [0.4, 0.5) is 0 Å². The van der Waals surface area contributed by atoms with E-state index in [4.69, 9.17) is 14.2 Å². The van der Waals surface area contributed by atoms with Gasteiger partial charge in [0.25, 0.3) is 5.56 Å². The van der Waals surface area contributed by atoms with Crippen molar-refractivity contribution in [2.24, 2.45) is 0 Å². The highest BCUT2D eigenvalue weighted by atomic mass is 16.5. The first-order valence-electron chi connectivity index (χ1n) is 11.0. The normalized spacial score (nSPS) is 16.3. The van der Waals surface area contributed by atoms with Crippen molar-refractivity contribution in [3.8, 4) is 5.75 Å². The number of H-pyrrole nitrogens is 1. The second kappa shape index (κ2) is 10.7. The molecule has 1 aliphatic rings. The minimum atomic E-state index is -0.0991. The van der Waals surface area contributed by atoms with Crippen molar-refractivity contribution in [3.63, 3.8) is 0 Å². The molecule has 0 bridgehead atoms. The lowest BCUT2D eigenvalue weighted by Gasteiger charge is -2.24. The zero-order valence-corrected chi connectivity index (χ0v) is 18.6. The highest BCUT2D eigenvalue weighted by Crippen LogP contribution is 2.21. The molecule has 3 aromatic rings. The summed E-state index contributed by atoms with van der Waals surface area (Å²) in [7, 11) is 1.65. The van der Waals surface area contributed by atoms with Crippen LogP contribution in [0.15, 0.2) is 29.1 Å². The van der Waals surface area contributed by atoms with Crippen LogP contribution in [0, 0.1) is 0 Å². The van der Waals surface area contributed by atoms with Gasteiger partial charge in [-0.1, -0.05) is 0 Å². The molecular formula is C22H30N6O4. The van der Waals surface area contributed by atoms with Gasteiger partial charge in [0.05, 0.1) is 32.4 Å². The summed E-state index contributed by atoms with van der Waals surface area (Å²) in [5, 5.41) is 13.0. The molecular weight excluding hydrogens is 412 g/mol. The van der Waals surface area contributed by atoms with E-state index in [1.165, 1.54) is 0 Å². The van der Waals surface area contributed by atoms with Crippen LogP contribution < -0.4 is 10.3 Å². The molecule has 1 N–H and O–H groups in total. The summed E-state index contributed by atoms with van der Waals surface area (Å²) in [6, 6.07) is 7.63. The SMILES string of the molecule is CCOc1ccc2[nH]c(=O)c(CN(Cc3nnnn3CCOC)C[C@@H]3CCCO3)cc2c1. The van der Waals surface area contributed by atoms with Crippen LogP contribution in [0.5, 0.6) is 5.75 Å². The average Bonchev–Trinajstić information content (AvgIpc) is 3.45. The Morgan fingerprint density at radius 2 is 2.22 bits per heavy atom. The van der Waals surface area contributed by atoms with Crippen LogP contribution in [-0.4, -0.2) is 69.7 Å². The summed E-state index contributed by atoms with van der Waals surface area (Å²) in [5.74, 6) is 1.52. The molecule has 1 fully saturated rings. The number of benzene rings is 1. The van der Waals surface area contributed by atoms with E-state index in [2.05, 4.69) is 25.4 Å². The Kier molecular flexibility index (Phi) is 7.46. The molecule has 2 aromatic heterocycles. The predicted molar refractivity (Wildman–Crippen MR) is 119 cm³/mol. The Morgan fingerprint density at radius 3 is 3.00 bits per heavy atom. The van der Waals surface area contributed by atoms with Crippen molar-refractivity contribution >= 4 is 10.9 Å². The first kappa shape index (κ1) is 22.4. The van der Waals surface area contributed by atoms with Crippen molar-refractivity contribution in [1.82, 2.24) is 30.1 Å². The molecule has 1 atom stereocenters. The fourth-order valence-corrected chi connectivity index (χ4v) is 3.99. The van der Waals surface area contributed by atoms with E-state index in [1.807, 2.05) is 31.2 Å². The van der Waals surface area contributed by atoms with E-state index >= 15 is 0 Å². The number of rotatable bonds is 11. The third-order valence-electron chi connectivity index (χ3n) is 5.56. The third kappa shape index (κ3) is 5.50. The summed E-state index contributed by atoms with van der Waals surface area (Å²) in [6.07, 6.45) is 2.21. The van der Waals surface area contributed by atoms with Gasteiger partial charge in [0.15, 0.2) is 5.82 Å². The Balaban J connectivity index is 1.58. The van der Waals surface area contributed by atoms with Crippen LogP contribution in [0.2, 0.25) is 0 Å². The number of aromatic amines is 1. The molecule has 0 radical (unpaired) electrons. The van der Waals surface area contributed by atoms with Crippen molar-refractivity contribution in [2.75, 3.05) is 33.5 Å².